The first-order chi connectivity index (χ1) is 9.20. The van der Waals surface area contributed by atoms with Crippen LogP contribution in [0.15, 0.2) is 30.9 Å². The summed E-state index contributed by atoms with van der Waals surface area (Å²) in [5.74, 6) is -0.0562. The molecule has 1 amide bonds. The van der Waals surface area contributed by atoms with E-state index in [1.54, 1.807) is 18.2 Å². The number of hydrogen-bond acceptors (Lipinski definition) is 3. The van der Waals surface area contributed by atoms with Crippen molar-refractivity contribution < 1.29 is 4.79 Å². The van der Waals surface area contributed by atoms with Gasteiger partial charge in [-0.15, -0.1) is 6.58 Å². The molecule has 3 rings (SSSR count). The van der Waals surface area contributed by atoms with Crippen LogP contribution in [-0.4, -0.2) is 33.6 Å². The zero-order chi connectivity index (χ0) is 13.4. The van der Waals surface area contributed by atoms with Gasteiger partial charge in [0.15, 0.2) is 5.69 Å². The molecule has 1 fully saturated rings. The number of aromatic amines is 1. The third kappa shape index (κ3) is 2.07. The van der Waals surface area contributed by atoms with Gasteiger partial charge in [0.05, 0.1) is 5.52 Å². The van der Waals surface area contributed by atoms with Gasteiger partial charge in [-0.05, 0) is 31.0 Å². The first kappa shape index (κ1) is 11.8. The van der Waals surface area contributed by atoms with Crippen LogP contribution < -0.4 is 5.73 Å². The van der Waals surface area contributed by atoms with E-state index in [-0.39, 0.29) is 5.91 Å². The number of benzene rings is 1. The third-order valence-corrected chi connectivity index (χ3v) is 3.36. The average Bonchev–Trinajstić information content (AvgIpc) is 3.15. The number of H-pyrrole nitrogens is 1. The van der Waals surface area contributed by atoms with Gasteiger partial charge in [-0.25, -0.2) is 0 Å². The standard InChI is InChI=1S/C14H16N4O/c1-2-7-18(10-4-5-10)14(19)13-11-8-9(15)3-6-12(11)16-17-13/h2-3,6,8,10H,1,4-5,7,15H2,(H,16,17). The van der Waals surface area contributed by atoms with E-state index in [1.807, 2.05) is 11.0 Å². The molecule has 2 aromatic rings. The fraction of sp³-hybridized carbons (Fsp3) is 0.286. The predicted molar refractivity (Wildman–Crippen MR) is 74.8 cm³/mol. The summed E-state index contributed by atoms with van der Waals surface area (Å²) in [6, 6.07) is 5.74. The second-order valence-electron chi connectivity index (χ2n) is 4.85. The Morgan fingerprint density at radius 2 is 2.37 bits per heavy atom. The van der Waals surface area contributed by atoms with Crippen molar-refractivity contribution in [3.8, 4) is 0 Å². The number of rotatable bonds is 4. The maximum absolute atomic E-state index is 12.6. The molecule has 1 aliphatic carbocycles. The highest BCUT2D eigenvalue weighted by molar-refractivity contribution is 6.05. The molecule has 0 atom stereocenters. The summed E-state index contributed by atoms with van der Waals surface area (Å²) in [6.07, 6.45) is 3.87. The maximum Gasteiger partial charge on any atom is 0.275 e. The quantitative estimate of drug-likeness (QED) is 0.648. The van der Waals surface area contributed by atoms with E-state index in [0.717, 1.165) is 23.7 Å². The van der Waals surface area contributed by atoms with Crippen LogP contribution >= 0.6 is 0 Å². The molecule has 0 aliphatic heterocycles. The molecule has 0 saturated heterocycles. The van der Waals surface area contributed by atoms with Crippen LogP contribution in [0.1, 0.15) is 23.3 Å². The molecule has 98 valence electrons. The largest absolute Gasteiger partial charge is 0.399 e. The molecule has 1 aliphatic rings. The molecule has 1 heterocycles. The smallest absolute Gasteiger partial charge is 0.275 e. The van der Waals surface area contributed by atoms with E-state index >= 15 is 0 Å². The minimum Gasteiger partial charge on any atom is -0.399 e. The van der Waals surface area contributed by atoms with Crippen molar-refractivity contribution in [3.05, 3.63) is 36.5 Å². The predicted octanol–water partition coefficient (Wildman–Crippen LogP) is 1.94. The van der Waals surface area contributed by atoms with Gasteiger partial charge < -0.3 is 10.6 Å². The number of anilines is 1. The molecular weight excluding hydrogens is 240 g/mol. The van der Waals surface area contributed by atoms with Crippen molar-refractivity contribution in [2.45, 2.75) is 18.9 Å². The Kier molecular flexibility index (Phi) is 2.74. The summed E-state index contributed by atoms with van der Waals surface area (Å²) < 4.78 is 0. The van der Waals surface area contributed by atoms with Crippen LogP contribution in [0.25, 0.3) is 10.9 Å². The summed E-state index contributed by atoms with van der Waals surface area (Å²) >= 11 is 0. The van der Waals surface area contributed by atoms with Crippen LogP contribution in [0.3, 0.4) is 0 Å². The van der Waals surface area contributed by atoms with Gasteiger partial charge in [0, 0.05) is 23.7 Å². The van der Waals surface area contributed by atoms with Gasteiger partial charge in [0.2, 0.25) is 0 Å². The lowest BCUT2D eigenvalue weighted by Gasteiger charge is -2.19. The number of carbonyl (C=O) groups is 1. The van der Waals surface area contributed by atoms with Gasteiger partial charge in [-0.2, -0.15) is 5.10 Å². The SMILES string of the molecule is C=CCN(C(=O)c1n[nH]c2ccc(N)cc12)C1CC1. The minimum atomic E-state index is -0.0562. The highest BCUT2D eigenvalue weighted by atomic mass is 16.2. The first-order valence-electron chi connectivity index (χ1n) is 6.36. The van der Waals surface area contributed by atoms with Crippen LogP contribution in [0.2, 0.25) is 0 Å². The normalized spacial score (nSPS) is 14.5. The monoisotopic (exact) mass is 256 g/mol. The van der Waals surface area contributed by atoms with Gasteiger partial charge >= 0.3 is 0 Å². The Bertz CT molecular complexity index is 642. The number of nitrogen functional groups attached to an aromatic ring is 1. The number of hydrogen-bond donors (Lipinski definition) is 2. The van der Waals surface area contributed by atoms with Crippen molar-refractivity contribution in [3.63, 3.8) is 0 Å². The van der Waals surface area contributed by atoms with Crippen molar-refractivity contribution in [2.75, 3.05) is 12.3 Å². The van der Waals surface area contributed by atoms with Gasteiger partial charge in [-0.1, -0.05) is 6.08 Å². The van der Waals surface area contributed by atoms with Gasteiger partial charge in [0.25, 0.3) is 5.91 Å². The first-order valence-corrected chi connectivity index (χ1v) is 6.36. The highest BCUT2D eigenvalue weighted by Crippen LogP contribution is 2.29. The fourth-order valence-corrected chi connectivity index (χ4v) is 2.25. The van der Waals surface area contributed by atoms with E-state index < -0.39 is 0 Å². The van der Waals surface area contributed by atoms with Crippen molar-refractivity contribution in [1.29, 1.82) is 0 Å². The molecule has 1 aromatic carbocycles. The van der Waals surface area contributed by atoms with E-state index in [4.69, 9.17) is 5.73 Å². The molecule has 1 aromatic heterocycles. The molecule has 0 spiro atoms. The minimum absolute atomic E-state index is 0.0562. The number of fused-ring (bicyclic) bond motifs is 1. The summed E-state index contributed by atoms with van der Waals surface area (Å²) in [5, 5.41) is 7.79. The van der Waals surface area contributed by atoms with E-state index in [0.29, 0.717) is 24.0 Å². The van der Waals surface area contributed by atoms with Crippen molar-refractivity contribution in [2.24, 2.45) is 0 Å². The molecule has 5 heteroatoms. The number of amides is 1. The van der Waals surface area contributed by atoms with Crippen LogP contribution in [0, 0.1) is 0 Å². The molecule has 19 heavy (non-hydrogen) atoms. The number of carbonyl (C=O) groups excluding carboxylic acids is 1. The number of aromatic nitrogens is 2. The van der Waals surface area contributed by atoms with Crippen molar-refractivity contribution >= 4 is 22.5 Å². The Morgan fingerprint density at radius 1 is 1.58 bits per heavy atom. The Labute approximate surface area is 111 Å². The Morgan fingerprint density at radius 3 is 3.05 bits per heavy atom. The lowest BCUT2D eigenvalue weighted by Crippen LogP contribution is -2.33. The molecule has 1 saturated carbocycles. The molecule has 0 radical (unpaired) electrons. The average molecular weight is 256 g/mol. The maximum atomic E-state index is 12.6. The summed E-state index contributed by atoms with van der Waals surface area (Å²) in [6.45, 7) is 4.26. The third-order valence-electron chi connectivity index (χ3n) is 3.36. The van der Waals surface area contributed by atoms with E-state index in [9.17, 15) is 4.79 Å². The topological polar surface area (TPSA) is 75.0 Å². The zero-order valence-corrected chi connectivity index (χ0v) is 10.6. The molecule has 3 N–H and O–H groups in total. The number of nitrogens with zero attached hydrogens (tertiary/aromatic N) is 2. The van der Waals surface area contributed by atoms with Gasteiger partial charge in [-0.3, -0.25) is 9.89 Å². The lowest BCUT2D eigenvalue weighted by molar-refractivity contribution is 0.0758. The van der Waals surface area contributed by atoms with Crippen LogP contribution in [-0.2, 0) is 0 Å². The van der Waals surface area contributed by atoms with E-state index in [1.165, 1.54) is 0 Å². The second kappa shape index (κ2) is 4.42. The number of nitrogens with two attached hydrogens (primary N) is 1. The molecular formula is C14H16N4O. The molecule has 5 nitrogen and oxygen atoms in total. The molecule has 0 unspecified atom stereocenters. The highest BCUT2D eigenvalue weighted by Gasteiger charge is 2.33. The molecule has 0 bridgehead atoms. The second-order valence-corrected chi connectivity index (χ2v) is 4.85. The van der Waals surface area contributed by atoms with Gasteiger partial charge in [0.1, 0.15) is 0 Å². The van der Waals surface area contributed by atoms with Crippen molar-refractivity contribution in [1.82, 2.24) is 15.1 Å². The van der Waals surface area contributed by atoms with E-state index in [2.05, 4.69) is 16.8 Å². The lowest BCUT2D eigenvalue weighted by atomic mass is 10.1. The summed E-state index contributed by atoms with van der Waals surface area (Å²) in [4.78, 5) is 14.4. The zero-order valence-electron chi connectivity index (χ0n) is 10.6. The van der Waals surface area contributed by atoms with Crippen LogP contribution in [0.5, 0.6) is 0 Å². The summed E-state index contributed by atoms with van der Waals surface area (Å²) in [7, 11) is 0. The number of nitrogens with one attached hydrogen (secondary N) is 1. The Hall–Kier alpha value is -2.30. The van der Waals surface area contributed by atoms with Crippen LogP contribution in [0.4, 0.5) is 5.69 Å². The fourth-order valence-electron chi connectivity index (χ4n) is 2.25. The summed E-state index contributed by atoms with van der Waals surface area (Å²) in [5.41, 5.74) is 7.67. The Balaban J connectivity index is 2.00.